The third-order valence-electron chi connectivity index (χ3n) is 5.05. The summed E-state index contributed by atoms with van der Waals surface area (Å²) in [6.45, 7) is 0.522. The summed E-state index contributed by atoms with van der Waals surface area (Å²) >= 11 is 4.63. The second-order valence-electron chi connectivity index (χ2n) is 7.21. The van der Waals surface area contributed by atoms with Gasteiger partial charge in [0, 0.05) is 0 Å². The molecule has 0 bridgehead atoms. The molecule has 4 aromatic carbocycles. The zero-order chi connectivity index (χ0) is 21.9. The van der Waals surface area contributed by atoms with Gasteiger partial charge >= 0.3 is 0 Å². The van der Waals surface area contributed by atoms with Crippen LogP contribution in [0.5, 0.6) is 5.75 Å². The fourth-order valence-electron chi connectivity index (χ4n) is 3.53. The monoisotopic (exact) mass is 644 g/mol. The van der Waals surface area contributed by atoms with E-state index >= 15 is 0 Å². The molecule has 0 radical (unpaired) electrons. The van der Waals surface area contributed by atoms with Crippen molar-refractivity contribution in [3.05, 3.63) is 97.1 Å². The second-order valence-corrected chi connectivity index (χ2v) is 9.54. The van der Waals surface area contributed by atoms with Gasteiger partial charge in [-0.2, -0.15) is 5.10 Å². The lowest BCUT2D eigenvalue weighted by molar-refractivity contribution is 0.303. The Morgan fingerprint density at radius 3 is 2.53 bits per heavy atom. The van der Waals surface area contributed by atoms with Crippen LogP contribution in [0.3, 0.4) is 0 Å². The lowest BCUT2D eigenvalue weighted by Crippen LogP contribution is -2.01. The van der Waals surface area contributed by atoms with E-state index in [1.807, 2.05) is 24.3 Å². The van der Waals surface area contributed by atoms with Crippen LogP contribution < -0.4 is 10.2 Å². The van der Waals surface area contributed by atoms with Crippen molar-refractivity contribution in [2.75, 3.05) is 5.43 Å². The molecule has 0 unspecified atom stereocenters. The summed E-state index contributed by atoms with van der Waals surface area (Å²) in [6, 6.07) is 26.7. The smallest absolute Gasteiger partial charge is 0.222 e. The van der Waals surface area contributed by atoms with E-state index < -0.39 is 0 Å². The van der Waals surface area contributed by atoms with Crippen LogP contribution in [0.4, 0.5) is 5.95 Å². The summed E-state index contributed by atoms with van der Waals surface area (Å²) in [6.07, 6.45) is 1.78. The number of hydrazone groups is 1. The van der Waals surface area contributed by atoms with Gasteiger partial charge in [-0.25, -0.2) is 10.4 Å². The van der Waals surface area contributed by atoms with Crippen molar-refractivity contribution in [2.45, 2.75) is 6.61 Å². The quantitative estimate of drug-likeness (QED) is 0.120. The predicted octanol–water partition coefficient (Wildman–Crippen LogP) is 6.95. The SMILES string of the molecule is Ic1cc(/C=N\Nc2nc3ccccc3[nH]2)cc(I)c1OCc1cccc2ccccc12. The van der Waals surface area contributed by atoms with Gasteiger partial charge in [0.15, 0.2) is 0 Å². The molecule has 5 nitrogen and oxygen atoms in total. The molecule has 5 aromatic rings. The third-order valence-corrected chi connectivity index (χ3v) is 6.65. The molecule has 2 N–H and O–H groups in total. The van der Waals surface area contributed by atoms with Crippen molar-refractivity contribution in [3.8, 4) is 5.75 Å². The number of imidazole rings is 1. The van der Waals surface area contributed by atoms with Gasteiger partial charge in [-0.15, -0.1) is 0 Å². The Labute approximate surface area is 212 Å². The van der Waals surface area contributed by atoms with Crippen molar-refractivity contribution in [1.29, 1.82) is 0 Å². The first-order valence-corrected chi connectivity index (χ1v) is 12.2. The van der Waals surface area contributed by atoms with Crippen molar-refractivity contribution in [3.63, 3.8) is 0 Å². The Bertz CT molecular complexity index is 1380. The van der Waals surface area contributed by atoms with Crippen LogP contribution in [0.2, 0.25) is 0 Å². The minimum absolute atomic E-state index is 0.522. The Kier molecular flexibility index (Phi) is 6.26. The zero-order valence-corrected chi connectivity index (χ0v) is 21.2. The average molecular weight is 644 g/mol. The van der Waals surface area contributed by atoms with Crippen molar-refractivity contribution < 1.29 is 4.74 Å². The van der Waals surface area contributed by atoms with Gasteiger partial charge in [0.1, 0.15) is 12.4 Å². The number of hydrogen-bond acceptors (Lipinski definition) is 4. The maximum absolute atomic E-state index is 6.23. The molecular weight excluding hydrogens is 626 g/mol. The molecule has 5 rings (SSSR count). The minimum Gasteiger partial charge on any atom is -0.487 e. The van der Waals surface area contributed by atoms with Crippen LogP contribution in [-0.2, 0) is 6.61 Å². The second kappa shape index (κ2) is 9.45. The molecule has 0 saturated heterocycles. The number of nitrogens with zero attached hydrogens (tertiary/aromatic N) is 2. The largest absolute Gasteiger partial charge is 0.487 e. The summed E-state index contributed by atoms with van der Waals surface area (Å²) < 4.78 is 8.32. The van der Waals surface area contributed by atoms with Gasteiger partial charge in [-0.1, -0.05) is 54.6 Å². The van der Waals surface area contributed by atoms with Crippen LogP contribution in [0, 0.1) is 7.14 Å². The molecule has 0 aliphatic carbocycles. The molecular formula is C25H18I2N4O. The number of aromatic nitrogens is 2. The number of ether oxygens (including phenoxy) is 1. The van der Waals surface area contributed by atoms with Gasteiger partial charge in [0.2, 0.25) is 5.95 Å². The van der Waals surface area contributed by atoms with Gasteiger partial charge < -0.3 is 9.72 Å². The number of anilines is 1. The van der Waals surface area contributed by atoms with E-state index in [4.69, 9.17) is 4.74 Å². The van der Waals surface area contributed by atoms with Gasteiger partial charge in [-0.3, -0.25) is 0 Å². The molecule has 0 spiro atoms. The van der Waals surface area contributed by atoms with Crippen molar-refractivity contribution in [1.82, 2.24) is 9.97 Å². The molecule has 32 heavy (non-hydrogen) atoms. The predicted molar refractivity (Wildman–Crippen MR) is 147 cm³/mol. The highest BCUT2D eigenvalue weighted by molar-refractivity contribution is 14.1. The molecule has 0 fully saturated rings. The Morgan fingerprint density at radius 2 is 1.69 bits per heavy atom. The first-order chi connectivity index (χ1) is 15.7. The highest BCUT2D eigenvalue weighted by Crippen LogP contribution is 2.30. The summed E-state index contributed by atoms with van der Waals surface area (Å²) in [5.74, 6) is 1.50. The summed E-state index contributed by atoms with van der Waals surface area (Å²) in [4.78, 5) is 7.66. The van der Waals surface area contributed by atoms with Crippen LogP contribution >= 0.6 is 45.2 Å². The van der Waals surface area contributed by atoms with E-state index in [0.29, 0.717) is 12.6 Å². The van der Waals surface area contributed by atoms with Gasteiger partial charge in [0.25, 0.3) is 0 Å². The van der Waals surface area contributed by atoms with Crippen LogP contribution in [0.25, 0.3) is 21.8 Å². The van der Waals surface area contributed by atoms with Crippen LogP contribution in [0.15, 0.2) is 84.0 Å². The molecule has 1 aromatic heterocycles. The number of H-pyrrole nitrogens is 1. The standard InChI is InChI=1S/C25H18I2N4O/c26-20-12-16(14-28-31-25-29-22-10-3-4-11-23(22)30-25)13-21(27)24(20)32-15-18-8-5-7-17-6-1-2-9-19(17)18/h1-14H,15H2,(H2,29,30,31)/b28-14-. The normalized spacial score (nSPS) is 11.4. The highest BCUT2D eigenvalue weighted by atomic mass is 127. The summed E-state index contributed by atoms with van der Waals surface area (Å²) in [5, 5.41) is 6.78. The van der Waals surface area contributed by atoms with Gasteiger partial charge in [-0.05, 0) is 91.3 Å². The molecule has 0 aliphatic heterocycles. The molecule has 0 amide bonds. The molecule has 0 aliphatic rings. The van der Waals surface area contributed by atoms with Crippen molar-refractivity contribution in [2.24, 2.45) is 5.10 Å². The molecule has 158 valence electrons. The number of hydrogen-bond donors (Lipinski definition) is 2. The molecule has 0 atom stereocenters. The number of aromatic amines is 1. The van der Waals surface area contributed by atoms with Crippen molar-refractivity contribution >= 4 is 79.2 Å². The third kappa shape index (κ3) is 4.58. The van der Waals surface area contributed by atoms with Crippen LogP contribution in [0.1, 0.15) is 11.1 Å². The first-order valence-electron chi connectivity index (χ1n) is 10.00. The number of benzene rings is 4. The maximum Gasteiger partial charge on any atom is 0.222 e. The Hall–Kier alpha value is -2.66. The fourth-order valence-corrected chi connectivity index (χ4v) is 5.66. The lowest BCUT2D eigenvalue weighted by Gasteiger charge is -2.13. The van der Waals surface area contributed by atoms with E-state index in [1.165, 1.54) is 16.3 Å². The number of nitrogens with one attached hydrogen (secondary N) is 2. The molecule has 0 saturated carbocycles. The number of halogens is 2. The van der Waals surface area contributed by atoms with E-state index in [-0.39, 0.29) is 0 Å². The fraction of sp³-hybridized carbons (Fsp3) is 0.0400. The van der Waals surface area contributed by atoms with E-state index in [2.05, 4.69) is 120 Å². The zero-order valence-electron chi connectivity index (χ0n) is 16.8. The van der Waals surface area contributed by atoms with E-state index in [1.54, 1.807) is 6.21 Å². The van der Waals surface area contributed by atoms with Gasteiger partial charge in [0.05, 0.1) is 24.4 Å². The highest BCUT2D eigenvalue weighted by Gasteiger charge is 2.10. The summed E-state index contributed by atoms with van der Waals surface area (Å²) in [7, 11) is 0. The number of fused-ring (bicyclic) bond motifs is 2. The summed E-state index contributed by atoms with van der Waals surface area (Å²) in [5.41, 5.74) is 7.01. The number of rotatable bonds is 6. The number of para-hydroxylation sites is 2. The Morgan fingerprint density at radius 1 is 0.938 bits per heavy atom. The topological polar surface area (TPSA) is 62.3 Å². The maximum atomic E-state index is 6.23. The van der Waals surface area contributed by atoms with Crippen LogP contribution in [-0.4, -0.2) is 16.2 Å². The Balaban J connectivity index is 1.30. The minimum atomic E-state index is 0.522. The lowest BCUT2D eigenvalue weighted by atomic mass is 10.1. The molecule has 1 heterocycles. The first kappa shape index (κ1) is 21.2. The average Bonchev–Trinajstić information content (AvgIpc) is 3.21. The van der Waals surface area contributed by atoms with E-state index in [0.717, 1.165) is 29.5 Å². The van der Waals surface area contributed by atoms with E-state index in [9.17, 15) is 0 Å². The molecule has 7 heteroatoms.